The summed E-state index contributed by atoms with van der Waals surface area (Å²) in [5.74, 6) is -1.73. The minimum absolute atomic E-state index is 0.152. The van der Waals surface area contributed by atoms with Gasteiger partial charge in [0, 0.05) is 19.0 Å². The molecule has 2 atom stereocenters. The topological polar surface area (TPSA) is 98.1 Å². The van der Waals surface area contributed by atoms with Crippen LogP contribution in [0.4, 0.5) is 0 Å². The summed E-state index contributed by atoms with van der Waals surface area (Å²) in [6.07, 6.45) is 1.46. The quantitative estimate of drug-likeness (QED) is 0.575. The second-order valence-corrected chi connectivity index (χ2v) is 4.32. The Labute approximate surface area is 99.8 Å². The van der Waals surface area contributed by atoms with E-state index in [1.165, 1.54) is 4.90 Å². The lowest BCUT2D eigenvalue weighted by Crippen LogP contribution is -2.39. The van der Waals surface area contributed by atoms with Gasteiger partial charge in [0.2, 0.25) is 5.91 Å². The molecule has 0 aliphatic heterocycles. The van der Waals surface area contributed by atoms with Crippen LogP contribution in [0.5, 0.6) is 0 Å². The first-order valence-electron chi connectivity index (χ1n) is 5.83. The Kier molecular flexibility index (Phi) is 5.37. The fourth-order valence-electron chi connectivity index (χ4n) is 2.26. The summed E-state index contributed by atoms with van der Waals surface area (Å²) in [5.41, 5.74) is 0. The van der Waals surface area contributed by atoms with E-state index in [0.717, 1.165) is 0 Å². The van der Waals surface area contributed by atoms with Crippen molar-refractivity contribution in [1.29, 1.82) is 0 Å². The van der Waals surface area contributed by atoms with Crippen LogP contribution >= 0.6 is 0 Å². The first-order valence-corrected chi connectivity index (χ1v) is 5.83. The highest BCUT2D eigenvalue weighted by atomic mass is 16.4. The molecular weight excluding hydrogens is 226 g/mol. The van der Waals surface area contributed by atoms with E-state index in [9.17, 15) is 9.59 Å². The van der Waals surface area contributed by atoms with E-state index in [1.807, 2.05) is 0 Å². The zero-order valence-electron chi connectivity index (χ0n) is 9.71. The monoisotopic (exact) mass is 245 g/mol. The highest BCUT2D eigenvalue weighted by Crippen LogP contribution is 2.32. The van der Waals surface area contributed by atoms with Gasteiger partial charge in [0.05, 0.1) is 19.1 Å². The number of nitrogens with zero attached hydrogens (tertiary/aromatic N) is 1. The summed E-state index contributed by atoms with van der Waals surface area (Å²) in [5, 5.41) is 26.5. The molecule has 6 heteroatoms. The maximum atomic E-state index is 12.0. The number of carbonyl (C=O) groups is 2. The number of amides is 1. The molecule has 0 unspecified atom stereocenters. The van der Waals surface area contributed by atoms with Crippen LogP contribution in [-0.2, 0) is 9.59 Å². The zero-order valence-corrected chi connectivity index (χ0v) is 9.71. The van der Waals surface area contributed by atoms with E-state index in [4.69, 9.17) is 15.3 Å². The lowest BCUT2D eigenvalue weighted by molar-refractivity contribution is -0.141. The van der Waals surface area contributed by atoms with Crippen molar-refractivity contribution >= 4 is 11.9 Å². The minimum Gasteiger partial charge on any atom is -0.481 e. The maximum absolute atomic E-state index is 12.0. The normalized spacial score (nSPS) is 23.6. The van der Waals surface area contributed by atoms with Crippen molar-refractivity contribution in [2.45, 2.75) is 19.3 Å². The molecule has 6 nitrogen and oxygen atoms in total. The second-order valence-electron chi connectivity index (χ2n) is 4.32. The molecule has 1 aliphatic rings. The molecule has 0 saturated heterocycles. The average Bonchev–Trinajstić information content (AvgIpc) is 2.77. The molecule has 0 heterocycles. The predicted molar refractivity (Wildman–Crippen MR) is 59.2 cm³/mol. The van der Waals surface area contributed by atoms with Gasteiger partial charge in [0.1, 0.15) is 0 Å². The van der Waals surface area contributed by atoms with Gasteiger partial charge in [-0.05, 0) is 19.3 Å². The second kappa shape index (κ2) is 6.56. The lowest BCUT2D eigenvalue weighted by atomic mass is 10.0. The SMILES string of the molecule is O=C(O)[C@H]1CC[C@@H](C(=O)N(CCO)CCO)C1. The number of hydrogen-bond donors (Lipinski definition) is 3. The molecule has 17 heavy (non-hydrogen) atoms. The summed E-state index contributed by atoms with van der Waals surface area (Å²) in [6.45, 7) is 0.0723. The number of rotatable bonds is 6. The number of aliphatic carboxylic acids is 1. The summed E-state index contributed by atoms with van der Waals surface area (Å²) >= 11 is 0. The lowest BCUT2D eigenvalue weighted by Gasteiger charge is -2.24. The molecule has 3 N–H and O–H groups in total. The highest BCUT2D eigenvalue weighted by molar-refractivity contribution is 5.81. The van der Waals surface area contributed by atoms with Crippen LogP contribution in [0.15, 0.2) is 0 Å². The fraction of sp³-hybridized carbons (Fsp3) is 0.818. The zero-order chi connectivity index (χ0) is 12.8. The Hall–Kier alpha value is -1.14. The smallest absolute Gasteiger partial charge is 0.306 e. The van der Waals surface area contributed by atoms with E-state index < -0.39 is 11.9 Å². The van der Waals surface area contributed by atoms with Crippen LogP contribution in [0.3, 0.4) is 0 Å². The summed E-state index contributed by atoms with van der Waals surface area (Å²) in [4.78, 5) is 24.2. The molecule has 98 valence electrons. The third kappa shape index (κ3) is 3.67. The number of carbonyl (C=O) groups excluding carboxylic acids is 1. The number of hydrogen-bond acceptors (Lipinski definition) is 4. The molecule has 0 bridgehead atoms. The predicted octanol–water partition coefficient (Wildman–Crippen LogP) is -0.700. The van der Waals surface area contributed by atoms with Gasteiger partial charge >= 0.3 is 5.97 Å². The van der Waals surface area contributed by atoms with Crippen LogP contribution in [0.25, 0.3) is 0 Å². The van der Waals surface area contributed by atoms with Crippen molar-refractivity contribution in [2.24, 2.45) is 11.8 Å². The van der Waals surface area contributed by atoms with Gasteiger partial charge in [-0.15, -0.1) is 0 Å². The van der Waals surface area contributed by atoms with Crippen LogP contribution in [0.1, 0.15) is 19.3 Å². The molecular formula is C11H19NO5. The Morgan fingerprint density at radius 3 is 2.00 bits per heavy atom. The summed E-state index contributed by atoms with van der Waals surface area (Å²) < 4.78 is 0. The standard InChI is InChI=1S/C11H19NO5/c13-5-3-12(4-6-14)10(15)8-1-2-9(7-8)11(16)17/h8-9,13-14H,1-7H2,(H,16,17)/t8-,9+/m1/s1. The minimum atomic E-state index is -0.851. The van der Waals surface area contributed by atoms with Crippen LogP contribution in [0, 0.1) is 11.8 Å². The van der Waals surface area contributed by atoms with Gasteiger partial charge < -0.3 is 20.2 Å². The maximum Gasteiger partial charge on any atom is 0.306 e. The Morgan fingerprint density at radius 1 is 1.06 bits per heavy atom. The molecule has 0 spiro atoms. The number of aliphatic hydroxyl groups excluding tert-OH is 2. The Morgan fingerprint density at radius 2 is 1.59 bits per heavy atom. The van der Waals surface area contributed by atoms with E-state index >= 15 is 0 Å². The van der Waals surface area contributed by atoms with E-state index in [1.54, 1.807) is 0 Å². The van der Waals surface area contributed by atoms with Crippen LogP contribution in [0.2, 0.25) is 0 Å². The number of aliphatic hydroxyl groups is 2. The Bertz CT molecular complexity index is 275. The van der Waals surface area contributed by atoms with Crippen molar-refractivity contribution in [3.8, 4) is 0 Å². The van der Waals surface area contributed by atoms with Gasteiger partial charge in [-0.3, -0.25) is 9.59 Å². The van der Waals surface area contributed by atoms with Crippen molar-refractivity contribution in [3.63, 3.8) is 0 Å². The van der Waals surface area contributed by atoms with Gasteiger partial charge in [-0.25, -0.2) is 0 Å². The van der Waals surface area contributed by atoms with Crippen LogP contribution in [-0.4, -0.2) is 58.4 Å². The summed E-state index contributed by atoms with van der Waals surface area (Å²) in [6, 6.07) is 0. The molecule has 1 saturated carbocycles. The van der Waals surface area contributed by atoms with Crippen molar-refractivity contribution in [2.75, 3.05) is 26.3 Å². The first-order chi connectivity index (χ1) is 8.10. The molecule has 1 rings (SSSR count). The van der Waals surface area contributed by atoms with Crippen molar-refractivity contribution in [1.82, 2.24) is 4.90 Å². The van der Waals surface area contributed by atoms with Gasteiger partial charge in [0.25, 0.3) is 0 Å². The first kappa shape index (κ1) is 13.9. The molecule has 0 aromatic heterocycles. The summed E-state index contributed by atoms with van der Waals surface area (Å²) in [7, 11) is 0. The van der Waals surface area contributed by atoms with E-state index in [0.29, 0.717) is 19.3 Å². The van der Waals surface area contributed by atoms with Gasteiger partial charge in [-0.1, -0.05) is 0 Å². The molecule has 0 aromatic rings. The van der Waals surface area contributed by atoms with Gasteiger partial charge in [0.15, 0.2) is 0 Å². The fourth-order valence-corrected chi connectivity index (χ4v) is 2.26. The van der Waals surface area contributed by atoms with E-state index in [2.05, 4.69) is 0 Å². The van der Waals surface area contributed by atoms with Crippen molar-refractivity contribution in [3.05, 3.63) is 0 Å². The molecule has 1 fully saturated rings. The Balaban J connectivity index is 2.54. The van der Waals surface area contributed by atoms with Crippen molar-refractivity contribution < 1.29 is 24.9 Å². The molecule has 1 amide bonds. The molecule has 0 radical (unpaired) electrons. The third-order valence-corrected chi connectivity index (χ3v) is 3.18. The van der Waals surface area contributed by atoms with Gasteiger partial charge in [-0.2, -0.15) is 0 Å². The molecule has 1 aliphatic carbocycles. The number of carboxylic acid groups (broad SMARTS) is 1. The third-order valence-electron chi connectivity index (χ3n) is 3.18. The largest absolute Gasteiger partial charge is 0.481 e. The average molecular weight is 245 g/mol. The highest BCUT2D eigenvalue weighted by Gasteiger charge is 2.35. The van der Waals surface area contributed by atoms with Crippen LogP contribution < -0.4 is 0 Å². The van der Waals surface area contributed by atoms with E-state index in [-0.39, 0.29) is 38.1 Å². The molecule has 0 aromatic carbocycles. The number of carboxylic acids is 1.